The largest absolute Gasteiger partial charge is 0.386 e. The van der Waals surface area contributed by atoms with Crippen LogP contribution in [0.25, 0.3) is 0 Å². The lowest BCUT2D eigenvalue weighted by Crippen LogP contribution is -2.47. The van der Waals surface area contributed by atoms with E-state index < -0.39 is 15.8 Å². The van der Waals surface area contributed by atoms with Crippen LogP contribution in [0.1, 0.15) is 19.3 Å². The molecule has 6 nitrogen and oxygen atoms in total. The van der Waals surface area contributed by atoms with Gasteiger partial charge in [0.2, 0.25) is 0 Å². The van der Waals surface area contributed by atoms with Crippen molar-refractivity contribution in [2.75, 3.05) is 19.8 Å². The second-order valence-corrected chi connectivity index (χ2v) is 5.77. The van der Waals surface area contributed by atoms with Crippen LogP contribution in [0.4, 0.5) is 0 Å². The molecular weight excluding hydrogens is 220 g/mol. The molecule has 1 saturated carbocycles. The highest BCUT2D eigenvalue weighted by Gasteiger charge is 2.34. The number of aliphatic hydroxyl groups is 1. The molecule has 1 saturated heterocycles. The third kappa shape index (κ3) is 3.39. The highest BCUT2D eigenvalue weighted by atomic mass is 32.2. The number of ether oxygens (including phenoxy) is 1. The number of nitrogens with one attached hydrogen (secondary N) is 2. The molecule has 2 rings (SSSR count). The first kappa shape index (κ1) is 11.3. The van der Waals surface area contributed by atoms with Crippen LogP contribution in [-0.4, -0.2) is 44.9 Å². The van der Waals surface area contributed by atoms with E-state index in [2.05, 4.69) is 9.44 Å². The maximum Gasteiger partial charge on any atom is 0.277 e. The van der Waals surface area contributed by atoms with Crippen molar-refractivity contribution in [2.24, 2.45) is 0 Å². The molecule has 0 aromatic carbocycles. The van der Waals surface area contributed by atoms with E-state index in [-0.39, 0.29) is 19.2 Å². The van der Waals surface area contributed by atoms with Gasteiger partial charge in [0, 0.05) is 25.6 Å². The van der Waals surface area contributed by atoms with Gasteiger partial charge in [-0.1, -0.05) is 0 Å². The smallest absolute Gasteiger partial charge is 0.277 e. The van der Waals surface area contributed by atoms with Crippen molar-refractivity contribution in [3.63, 3.8) is 0 Å². The summed E-state index contributed by atoms with van der Waals surface area (Å²) in [6.07, 6.45) is 2.27. The zero-order chi connectivity index (χ0) is 10.9. The Balaban J connectivity index is 1.80. The van der Waals surface area contributed by atoms with Gasteiger partial charge in [-0.3, -0.25) is 0 Å². The summed E-state index contributed by atoms with van der Waals surface area (Å²) in [5.74, 6) is 0. The third-order valence-electron chi connectivity index (χ3n) is 2.57. The molecule has 2 aliphatic rings. The van der Waals surface area contributed by atoms with Gasteiger partial charge in [-0.15, -0.1) is 0 Å². The Bertz CT molecular complexity index is 320. The van der Waals surface area contributed by atoms with Crippen LogP contribution >= 0.6 is 0 Å². The van der Waals surface area contributed by atoms with E-state index in [1.807, 2.05) is 0 Å². The van der Waals surface area contributed by atoms with E-state index in [0.29, 0.717) is 13.0 Å². The minimum atomic E-state index is -3.46. The molecule has 1 heterocycles. The van der Waals surface area contributed by atoms with Crippen LogP contribution in [-0.2, 0) is 14.9 Å². The first-order valence-electron chi connectivity index (χ1n) is 5.06. The molecule has 1 aliphatic heterocycles. The molecule has 2 fully saturated rings. The van der Waals surface area contributed by atoms with Gasteiger partial charge in [0.1, 0.15) is 5.60 Å². The van der Waals surface area contributed by atoms with Crippen LogP contribution < -0.4 is 9.44 Å². The van der Waals surface area contributed by atoms with Crippen molar-refractivity contribution in [3.05, 3.63) is 0 Å². The van der Waals surface area contributed by atoms with E-state index in [4.69, 9.17) is 4.74 Å². The van der Waals surface area contributed by atoms with Gasteiger partial charge in [0.25, 0.3) is 10.2 Å². The summed E-state index contributed by atoms with van der Waals surface area (Å²) < 4.78 is 32.6. The Hall–Kier alpha value is -0.210. The minimum Gasteiger partial charge on any atom is -0.386 e. The first-order valence-corrected chi connectivity index (χ1v) is 6.55. The van der Waals surface area contributed by atoms with Crippen LogP contribution in [0.2, 0.25) is 0 Å². The minimum absolute atomic E-state index is 0.00898. The standard InChI is InChI=1S/C8H16N2O4S/c11-8(3-4-14-6-8)5-9-15(12,13)10-7-1-2-7/h7,9-11H,1-6H2. The molecule has 0 aromatic heterocycles. The normalized spacial score (nSPS) is 32.1. The summed E-state index contributed by atoms with van der Waals surface area (Å²) >= 11 is 0. The zero-order valence-electron chi connectivity index (χ0n) is 8.40. The van der Waals surface area contributed by atoms with Gasteiger partial charge < -0.3 is 9.84 Å². The predicted octanol–water partition coefficient (Wildman–Crippen LogP) is -1.28. The van der Waals surface area contributed by atoms with Gasteiger partial charge in [0.05, 0.1) is 6.61 Å². The molecule has 15 heavy (non-hydrogen) atoms. The summed E-state index contributed by atoms with van der Waals surface area (Å²) in [4.78, 5) is 0. The molecule has 7 heteroatoms. The molecule has 0 amide bonds. The SMILES string of the molecule is O=S(=O)(NCC1(O)CCOC1)NC1CC1. The van der Waals surface area contributed by atoms with Gasteiger partial charge in [-0.2, -0.15) is 17.9 Å². The maximum atomic E-state index is 11.4. The third-order valence-corrected chi connectivity index (χ3v) is 3.74. The molecule has 1 unspecified atom stereocenters. The molecule has 0 spiro atoms. The fourth-order valence-corrected chi connectivity index (χ4v) is 2.64. The van der Waals surface area contributed by atoms with E-state index in [9.17, 15) is 13.5 Å². The summed E-state index contributed by atoms with van der Waals surface area (Å²) in [5.41, 5.74) is -1.04. The molecule has 1 atom stereocenters. The fraction of sp³-hybridized carbons (Fsp3) is 1.00. The lowest BCUT2D eigenvalue weighted by molar-refractivity contribution is 0.0314. The van der Waals surface area contributed by atoms with Crippen LogP contribution in [0.15, 0.2) is 0 Å². The lowest BCUT2D eigenvalue weighted by Gasteiger charge is -2.20. The average molecular weight is 236 g/mol. The Morgan fingerprint density at radius 2 is 2.20 bits per heavy atom. The average Bonchev–Trinajstić information content (AvgIpc) is 2.83. The lowest BCUT2D eigenvalue weighted by atomic mass is 10.1. The topological polar surface area (TPSA) is 87.7 Å². The molecular formula is C8H16N2O4S. The summed E-state index contributed by atoms with van der Waals surface area (Å²) in [6, 6.07) is 0.0805. The van der Waals surface area contributed by atoms with E-state index >= 15 is 0 Å². The van der Waals surface area contributed by atoms with Gasteiger partial charge >= 0.3 is 0 Å². The molecule has 88 valence electrons. The monoisotopic (exact) mass is 236 g/mol. The van der Waals surface area contributed by atoms with Crippen molar-refractivity contribution in [2.45, 2.75) is 30.9 Å². The Morgan fingerprint density at radius 1 is 1.47 bits per heavy atom. The summed E-state index contributed by atoms with van der Waals surface area (Å²) in [5, 5.41) is 9.82. The van der Waals surface area contributed by atoms with Crippen LogP contribution in [0.5, 0.6) is 0 Å². The highest BCUT2D eigenvalue weighted by Crippen LogP contribution is 2.20. The van der Waals surface area contributed by atoms with E-state index in [1.54, 1.807) is 0 Å². The van der Waals surface area contributed by atoms with Gasteiger partial charge in [0.15, 0.2) is 0 Å². The van der Waals surface area contributed by atoms with Crippen molar-refractivity contribution in [1.29, 1.82) is 0 Å². The molecule has 0 radical (unpaired) electrons. The molecule has 3 N–H and O–H groups in total. The summed E-state index contributed by atoms with van der Waals surface area (Å²) in [7, 11) is -3.46. The molecule has 0 aromatic rings. The highest BCUT2D eigenvalue weighted by molar-refractivity contribution is 7.87. The number of rotatable bonds is 5. The van der Waals surface area contributed by atoms with E-state index in [0.717, 1.165) is 12.8 Å². The second kappa shape index (κ2) is 3.99. The van der Waals surface area contributed by atoms with Crippen LogP contribution in [0, 0.1) is 0 Å². The molecule has 0 bridgehead atoms. The van der Waals surface area contributed by atoms with Crippen molar-refractivity contribution in [1.82, 2.24) is 9.44 Å². The van der Waals surface area contributed by atoms with E-state index in [1.165, 1.54) is 0 Å². The maximum absolute atomic E-state index is 11.4. The first-order chi connectivity index (χ1) is 6.99. The Kier molecular flexibility index (Phi) is 3.00. The Morgan fingerprint density at radius 3 is 2.73 bits per heavy atom. The predicted molar refractivity (Wildman–Crippen MR) is 53.5 cm³/mol. The quantitative estimate of drug-likeness (QED) is 0.555. The fourth-order valence-electron chi connectivity index (χ4n) is 1.43. The molecule has 1 aliphatic carbocycles. The Labute approximate surface area is 89.2 Å². The van der Waals surface area contributed by atoms with Gasteiger partial charge in [-0.05, 0) is 12.8 Å². The van der Waals surface area contributed by atoms with Gasteiger partial charge in [-0.25, -0.2) is 0 Å². The number of hydrogen-bond acceptors (Lipinski definition) is 4. The summed E-state index contributed by atoms with van der Waals surface area (Å²) in [6.45, 7) is 0.683. The second-order valence-electron chi connectivity index (χ2n) is 4.24. The van der Waals surface area contributed by atoms with Crippen molar-refractivity contribution >= 4 is 10.2 Å². The van der Waals surface area contributed by atoms with Crippen molar-refractivity contribution < 1.29 is 18.3 Å². The van der Waals surface area contributed by atoms with Crippen LogP contribution in [0.3, 0.4) is 0 Å². The zero-order valence-corrected chi connectivity index (χ0v) is 9.22. The number of hydrogen-bond donors (Lipinski definition) is 3. The van der Waals surface area contributed by atoms with Crippen molar-refractivity contribution in [3.8, 4) is 0 Å².